The molecule has 0 aliphatic rings. The van der Waals surface area contributed by atoms with E-state index in [9.17, 15) is 10.1 Å². The van der Waals surface area contributed by atoms with Crippen molar-refractivity contribution in [3.8, 4) is 0 Å². The minimum Gasteiger partial charge on any atom is -0.323 e. The van der Waals surface area contributed by atoms with Gasteiger partial charge in [-0.25, -0.2) is 4.68 Å². The molecule has 1 aromatic carbocycles. The van der Waals surface area contributed by atoms with Crippen LogP contribution in [0.4, 0.5) is 5.69 Å². The lowest BCUT2D eigenvalue weighted by Gasteiger charge is -2.06. The Hall–Kier alpha value is -1.99. The molecule has 112 valence electrons. The third-order valence-corrected chi connectivity index (χ3v) is 3.50. The molecule has 2 N–H and O–H groups in total. The Labute approximate surface area is 126 Å². The van der Waals surface area contributed by atoms with E-state index >= 15 is 0 Å². The Morgan fingerprint density at radius 3 is 2.95 bits per heavy atom. The van der Waals surface area contributed by atoms with E-state index in [1.165, 1.54) is 10.7 Å². The quantitative estimate of drug-likeness (QED) is 0.653. The molecular weight excluding hydrogens is 294 g/mol. The molecule has 0 aliphatic carbocycles. The van der Waals surface area contributed by atoms with E-state index in [-0.39, 0.29) is 18.3 Å². The van der Waals surface area contributed by atoms with Crippen molar-refractivity contribution < 1.29 is 4.92 Å². The van der Waals surface area contributed by atoms with Crippen LogP contribution in [0.15, 0.2) is 24.4 Å². The second kappa shape index (κ2) is 6.64. The third-order valence-electron chi connectivity index (χ3n) is 3.15. The summed E-state index contributed by atoms with van der Waals surface area (Å²) in [4.78, 5) is 10.6. The Bertz CT molecular complexity index is 643. The van der Waals surface area contributed by atoms with E-state index in [1.807, 2.05) is 6.92 Å². The van der Waals surface area contributed by atoms with Gasteiger partial charge in [0.05, 0.1) is 40.0 Å². The first-order valence-electron chi connectivity index (χ1n) is 6.60. The van der Waals surface area contributed by atoms with Crippen molar-refractivity contribution in [2.75, 3.05) is 0 Å². The van der Waals surface area contributed by atoms with Crippen molar-refractivity contribution in [3.63, 3.8) is 0 Å². The highest BCUT2D eigenvalue weighted by Crippen LogP contribution is 2.27. The van der Waals surface area contributed by atoms with Crippen LogP contribution in [0.3, 0.4) is 0 Å². The zero-order chi connectivity index (χ0) is 15.4. The fourth-order valence-electron chi connectivity index (χ4n) is 2.06. The highest BCUT2D eigenvalue weighted by molar-refractivity contribution is 6.31. The Balaban J connectivity index is 2.25. The molecule has 7 nitrogen and oxygen atoms in total. The summed E-state index contributed by atoms with van der Waals surface area (Å²) < 4.78 is 1.51. The first-order valence-corrected chi connectivity index (χ1v) is 6.98. The number of halogens is 1. The molecular formula is C13H16ClN5O2. The molecule has 1 aromatic heterocycles. The molecule has 1 unspecified atom stereocenters. The van der Waals surface area contributed by atoms with Gasteiger partial charge in [-0.1, -0.05) is 36.2 Å². The molecule has 2 aromatic rings. The molecule has 0 aliphatic heterocycles. The molecule has 0 saturated heterocycles. The van der Waals surface area contributed by atoms with E-state index < -0.39 is 4.92 Å². The number of benzene rings is 1. The van der Waals surface area contributed by atoms with E-state index in [2.05, 4.69) is 10.3 Å². The van der Waals surface area contributed by atoms with Gasteiger partial charge in [-0.05, 0) is 12.5 Å². The van der Waals surface area contributed by atoms with Gasteiger partial charge < -0.3 is 5.73 Å². The fraction of sp³-hybridized carbons (Fsp3) is 0.385. The zero-order valence-corrected chi connectivity index (χ0v) is 12.3. The summed E-state index contributed by atoms with van der Waals surface area (Å²) in [6.07, 6.45) is 3.46. The number of nitrogens with two attached hydrogens (primary N) is 1. The van der Waals surface area contributed by atoms with Crippen LogP contribution in [0.5, 0.6) is 0 Å². The van der Waals surface area contributed by atoms with Gasteiger partial charge in [-0.15, -0.1) is 5.10 Å². The molecule has 2 rings (SSSR count). The second-order valence-corrected chi connectivity index (χ2v) is 5.14. The predicted molar refractivity (Wildman–Crippen MR) is 79.1 cm³/mol. The topological polar surface area (TPSA) is 99.9 Å². The lowest BCUT2D eigenvalue weighted by Crippen LogP contribution is -2.10. The van der Waals surface area contributed by atoms with Gasteiger partial charge in [-0.2, -0.15) is 0 Å². The number of hydrogen-bond donors (Lipinski definition) is 1. The van der Waals surface area contributed by atoms with Crippen molar-refractivity contribution in [1.82, 2.24) is 15.0 Å². The molecule has 1 heterocycles. The van der Waals surface area contributed by atoms with Crippen molar-refractivity contribution >= 4 is 17.3 Å². The minimum atomic E-state index is -0.456. The van der Waals surface area contributed by atoms with E-state index in [4.69, 9.17) is 17.3 Å². The lowest BCUT2D eigenvalue weighted by atomic mass is 10.1. The van der Waals surface area contributed by atoms with E-state index in [0.717, 1.165) is 12.8 Å². The van der Waals surface area contributed by atoms with Crippen LogP contribution >= 0.6 is 11.6 Å². The van der Waals surface area contributed by atoms with Crippen LogP contribution in [0.2, 0.25) is 5.02 Å². The number of nitro benzene ring substituents is 1. The van der Waals surface area contributed by atoms with Crippen LogP contribution in [0.25, 0.3) is 0 Å². The summed E-state index contributed by atoms with van der Waals surface area (Å²) in [6, 6.07) is 4.41. The molecule has 0 radical (unpaired) electrons. The first-order chi connectivity index (χ1) is 10.0. The minimum absolute atomic E-state index is 0.0302. The summed E-state index contributed by atoms with van der Waals surface area (Å²) in [7, 11) is 0. The van der Waals surface area contributed by atoms with Gasteiger partial charge in [0.1, 0.15) is 0 Å². The van der Waals surface area contributed by atoms with Crippen LogP contribution in [-0.2, 0) is 6.54 Å². The van der Waals surface area contributed by atoms with E-state index in [0.29, 0.717) is 16.3 Å². The van der Waals surface area contributed by atoms with Gasteiger partial charge in [0.25, 0.3) is 5.69 Å². The van der Waals surface area contributed by atoms with Gasteiger partial charge in [0.2, 0.25) is 0 Å². The molecule has 21 heavy (non-hydrogen) atoms. The summed E-state index contributed by atoms with van der Waals surface area (Å²) in [5.41, 5.74) is 7.02. The van der Waals surface area contributed by atoms with Crippen LogP contribution in [0.1, 0.15) is 37.1 Å². The standard InChI is InChI=1S/C13H16ClN5O2/c1-2-4-11(15)12-8-18(17-16-12)7-9-10(14)5-3-6-13(9)19(20)21/h3,5-6,8,11H,2,4,7,15H2,1H3. The molecule has 1 atom stereocenters. The van der Waals surface area contributed by atoms with Crippen LogP contribution < -0.4 is 5.73 Å². The molecule has 0 saturated carbocycles. The average molecular weight is 310 g/mol. The second-order valence-electron chi connectivity index (χ2n) is 4.73. The highest BCUT2D eigenvalue weighted by atomic mass is 35.5. The first kappa shape index (κ1) is 15.4. The summed E-state index contributed by atoms with van der Waals surface area (Å²) in [6.45, 7) is 2.22. The van der Waals surface area contributed by atoms with Gasteiger partial charge in [0, 0.05) is 6.07 Å². The smallest absolute Gasteiger partial charge is 0.275 e. The number of hydrogen-bond acceptors (Lipinski definition) is 5. The van der Waals surface area contributed by atoms with Crippen molar-refractivity contribution in [2.45, 2.75) is 32.4 Å². The summed E-state index contributed by atoms with van der Waals surface area (Å²) >= 11 is 6.05. The zero-order valence-electron chi connectivity index (χ0n) is 11.6. The SMILES string of the molecule is CCCC(N)c1cn(Cc2c(Cl)cccc2[N+](=O)[O-])nn1. The average Bonchev–Trinajstić information content (AvgIpc) is 2.90. The maximum absolute atomic E-state index is 11.0. The molecule has 0 fully saturated rings. The lowest BCUT2D eigenvalue weighted by molar-refractivity contribution is -0.385. The fourth-order valence-corrected chi connectivity index (χ4v) is 2.29. The van der Waals surface area contributed by atoms with Crippen LogP contribution in [-0.4, -0.2) is 19.9 Å². The normalized spacial score (nSPS) is 12.3. The number of nitrogens with zero attached hydrogens (tertiary/aromatic N) is 4. The largest absolute Gasteiger partial charge is 0.323 e. The van der Waals surface area contributed by atoms with E-state index in [1.54, 1.807) is 18.3 Å². The summed E-state index contributed by atoms with van der Waals surface area (Å²) in [5.74, 6) is 0. The number of rotatable bonds is 6. The Morgan fingerprint density at radius 1 is 1.52 bits per heavy atom. The highest BCUT2D eigenvalue weighted by Gasteiger charge is 2.18. The van der Waals surface area contributed by atoms with Gasteiger partial charge in [0.15, 0.2) is 0 Å². The van der Waals surface area contributed by atoms with Crippen molar-refractivity contribution in [3.05, 3.63) is 50.8 Å². The van der Waals surface area contributed by atoms with Crippen molar-refractivity contribution in [1.29, 1.82) is 0 Å². The monoisotopic (exact) mass is 309 g/mol. The van der Waals surface area contributed by atoms with Gasteiger partial charge >= 0.3 is 0 Å². The molecule has 8 heteroatoms. The van der Waals surface area contributed by atoms with Crippen LogP contribution in [0, 0.1) is 10.1 Å². The van der Waals surface area contributed by atoms with Crippen molar-refractivity contribution in [2.24, 2.45) is 5.73 Å². The molecule has 0 bridgehead atoms. The molecule has 0 spiro atoms. The van der Waals surface area contributed by atoms with Gasteiger partial charge in [-0.3, -0.25) is 10.1 Å². The number of aromatic nitrogens is 3. The molecule has 0 amide bonds. The Morgan fingerprint density at radius 2 is 2.29 bits per heavy atom. The maximum atomic E-state index is 11.0. The summed E-state index contributed by atoms with van der Waals surface area (Å²) in [5, 5.41) is 19.3. The third kappa shape index (κ3) is 3.56. The Kier molecular flexibility index (Phi) is 4.87. The predicted octanol–water partition coefficient (Wildman–Crippen LogP) is 2.69. The number of nitro groups is 1. The maximum Gasteiger partial charge on any atom is 0.275 e.